The fourth-order valence-electron chi connectivity index (χ4n) is 6.47. The number of nitrogens with zero attached hydrogens (tertiary/aromatic N) is 1. The third-order valence-corrected chi connectivity index (χ3v) is 8.02. The number of carbonyl (C=O) groups is 3. The number of hydrogen-bond acceptors (Lipinski definition) is 9. The topological polar surface area (TPSA) is 173 Å². The van der Waals surface area contributed by atoms with Gasteiger partial charge in [-0.2, -0.15) is 0 Å². The number of aromatic hydroxyl groups is 1. The van der Waals surface area contributed by atoms with E-state index in [0.29, 0.717) is 12.0 Å². The molecule has 5 rings (SSSR count). The Kier molecular flexibility index (Phi) is 5.31. The zero-order valence-corrected chi connectivity index (χ0v) is 19.5. The average Bonchev–Trinajstić information content (AvgIpc) is 3.30. The van der Waals surface area contributed by atoms with Gasteiger partial charge in [-0.25, -0.2) is 0 Å². The summed E-state index contributed by atoms with van der Waals surface area (Å²) in [7, 11) is 3.21. The highest BCUT2D eigenvalue weighted by Crippen LogP contribution is 2.52. The molecule has 7 N–H and O–H groups in total. The lowest BCUT2D eigenvalue weighted by atomic mass is 9.58. The van der Waals surface area contributed by atoms with E-state index >= 15 is 0 Å². The second-order valence-corrected chi connectivity index (χ2v) is 10.2. The summed E-state index contributed by atoms with van der Waals surface area (Å²) in [5, 5.41) is 47.8. The van der Waals surface area contributed by atoms with Crippen LogP contribution in [0.5, 0.6) is 5.75 Å². The summed E-state index contributed by atoms with van der Waals surface area (Å²) in [6.45, 7) is 0.870. The number of aliphatic hydroxyl groups is 3. The van der Waals surface area contributed by atoms with Gasteiger partial charge in [-0.15, -0.1) is 0 Å². The van der Waals surface area contributed by atoms with E-state index in [1.165, 1.54) is 11.0 Å². The van der Waals surface area contributed by atoms with E-state index in [2.05, 4.69) is 5.32 Å². The number of phenolic OH excluding ortho intramolecular Hbond substituents is 1. The van der Waals surface area contributed by atoms with E-state index in [0.717, 1.165) is 24.9 Å². The number of ketones is 2. The standard InChI is InChI=1S/C25H29N3O7/c1-28(2)19-13-8-12-7-11-6-10(14-4-3-5-27-14)9-15(29)16(11)20(30)17(12)22(32)25(13,35)23(33)18(21(19)31)24(26)34/h6,9,12-14,19,27,29,31-32,35H,3-5,7-8H2,1-2H3,(H2,26,34)/t12-,13-,14?,19-,25-/m0/s1. The van der Waals surface area contributed by atoms with Gasteiger partial charge in [-0.05, 0) is 69.4 Å². The molecule has 0 radical (unpaired) electrons. The zero-order valence-electron chi connectivity index (χ0n) is 19.5. The molecule has 10 heteroatoms. The van der Waals surface area contributed by atoms with Gasteiger partial charge in [0.25, 0.3) is 5.91 Å². The van der Waals surface area contributed by atoms with Crippen LogP contribution in [0, 0.1) is 11.8 Å². The number of primary amides is 1. The van der Waals surface area contributed by atoms with Crippen molar-refractivity contribution in [3.05, 3.63) is 51.5 Å². The summed E-state index contributed by atoms with van der Waals surface area (Å²) in [5.74, 6) is -6.38. The molecule has 5 atom stereocenters. The number of amides is 1. The lowest BCUT2D eigenvalue weighted by Gasteiger charge is -2.50. The first kappa shape index (κ1) is 23.5. The number of phenols is 1. The minimum Gasteiger partial charge on any atom is -0.510 e. The molecule has 186 valence electrons. The lowest BCUT2D eigenvalue weighted by molar-refractivity contribution is -0.148. The van der Waals surface area contributed by atoms with Crippen molar-refractivity contribution in [1.82, 2.24) is 10.2 Å². The van der Waals surface area contributed by atoms with Crippen LogP contribution in [0.4, 0.5) is 0 Å². The predicted molar refractivity (Wildman–Crippen MR) is 124 cm³/mol. The van der Waals surface area contributed by atoms with Crippen molar-refractivity contribution < 1.29 is 34.8 Å². The number of allylic oxidation sites excluding steroid dienone is 1. The van der Waals surface area contributed by atoms with Gasteiger partial charge in [0.2, 0.25) is 5.78 Å². The molecule has 1 saturated heterocycles. The van der Waals surface area contributed by atoms with Gasteiger partial charge in [-0.3, -0.25) is 19.3 Å². The third kappa shape index (κ3) is 3.17. The number of nitrogens with one attached hydrogen (secondary N) is 1. The van der Waals surface area contributed by atoms with Crippen LogP contribution >= 0.6 is 0 Å². The number of likely N-dealkylation sites (N-methyl/N-ethyl adjacent to an activating group) is 1. The fraction of sp³-hybridized carbons (Fsp3) is 0.480. The molecule has 1 aromatic carbocycles. The molecule has 1 unspecified atom stereocenters. The third-order valence-electron chi connectivity index (χ3n) is 8.02. The Balaban J connectivity index is 1.66. The molecule has 0 saturated carbocycles. The molecule has 0 aromatic heterocycles. The highest BCUT2D eigenvalue weighted by Gasteiger charge is 2.63. The smallest absolute Gasteiger partial charge is 0.255 e. The highest BCUT2D eigenvalue weighted by atomic mass is 16.3. The summed E-state index contributed by atoms with van der Waals surface area (Å²) in [6.07, 6.45) is 2.30. The average molecular weight is 484 g/mol. The van der Waals surface area contributed by atoms with E-state index in [-0.39, 0.29) is 29.3 Å². The van der Waals surface area contributed by atoms with Crippen LogP contribution in [-0.2, 0) is 16.0 Å². The lowest BCUT2D eigenvalue weighted by Crippen LogP contribution is -2.63. The van der Waals surface area contributed by atoms with Crippen molar-refractivity contribution >= 4 is 17.5 Å². The zero-order chi connectivity index (χ0) is 25.4. The van der Waals surface area contributed by atoms with E-state index in [9.17, 15) is 34.8 Å². The molecule has 10 nitrogen and oxygen atoms in total. The molecule has 1 heterocycles. The van der Waals surface area contributed by atoms with Crippen LogP contribution in [-0.4, -0.2) is 75.1 Å². The molecular weight excluding hydrogens is 454 g/mol. The molecule has 1 aliphatic heterocycles. The molecule has 1 amide bonds. The molecule has 35 heavy (non-hydrogen) atoms. The highest BCUT2D eigenvalue weighted by molar-refractivity contribution is 6.24. The molecule has 1 aromatic rings. The van der Waals surface area contributed by atoms with Crippen LogP contribution in [0.1, 0.15) is 46.8 Å². The monoisotopic (exact) mass is 483 g/mol. The Morgan fingerprint density at radius 3 is 2.51 bits per heavy atom. The van der Waals surface area contributed by atoms with Gasteiger partial charge >= 0.3 is 0 Å². The predicted octanol–water partition coefficient (Wildman–Crippen LogP) is 0.545. The summed E-state index contributed by atoms with van der Waals surface area (Å²) in [4.78, 5) is 40.4. The van der Waals surface area contributed by atoms with Crippen LogP contribution < -0.4 is 11.1 Å². The van der Waals surface area contributed by atoms with Crippen LogP contribution in [0.25, 0.3) is 0 Å². The van der Waals surface area contributed by atoms with Crippen molar-refractivity contribution in [1.29, 1.82) is 0 Å². The van der Waals surface area contributed by atoms with Gasteiger partial charge in [0.05, 0.1) is 11.6 Å². The number of benzene rings is 1. The summed E-state index contributed by atoms with van der Waals surface area (Å²) < 4.78 is 0. The Labute approximate surface area is 201 Å². The van der Waals surface area contributed by atoms with E-state index in [1.807, 2.05) is 6.07 Å². The number of rotatable bonds is 3. The molecule has 1 fully saturated rings. The minimum atomic E-state index is -2.62. The maximum absolute atomic E-state index is 13.6. The Morgan fingerprint density at radius 2 is 1.91 bits per heavy atom. The largest absolute Gasteiger partial charge is 0.510 e. The second-order valence-electron chi connectivity index (χ2n) is 10.2. The van der Waals surface area contributed by atoms with Crippen molar-refractivity contribution in [2.24, 2.45) is 17.6 Å². The number of fused-ring (bicyclic) bond motifs is 3. The number of hydrogen-bond donors (Lipinski definition) is 6. The first-order valence-corrected chi connectivity index (χ1v) is 11.7. The van der Waals surface area contributed by atoms with Crippen LogP contribution in [0.3, 0.4) is 0 Å². The van der Waals surface area contributed by atoms with Crippen molar-refractivity contribution in [2.75, 3.05) is 20.6 Å². The Bertz CT molecular complexity index is 1230. The number of carbonyl (C=O) groups excluding carboxylic acids is 3. The molecular formula is C25H29N3O7. The normalized spacial score (nSPS) is 32.6. The quantitative estimate of drug-likeness (QED) is 0.336. The maximum atomic E-state index is 13.6. The molecule has 0 spiro atoms. The SMILES string of the molecule is CN(C)[C@@H]1C(O)=C(C(N)=O)C(=O)[C@@]2(O)C(O)=C3C(=O)c4c(O)cc(C5CCCN5)cc4C[C@H]3C[C@@H]12. The Morgan fingerprint density at radius 1 is 1.20 bits per heavy atom. The van der Waals surface area contributed by atoms with Gasteiger partial charge in [0, 0.05) is 17.5 Å². The minimum absolute atomic E-state index is 0.0347. The van der Waals surface area contributed by atoms with Gasteiger partial charge in [-0.1, -0.05) is 6.07 Å². The van der Waals surface area contributed by atoms with E-state index in [4.69, 9.17) is 5.73 Å². The first-order valence-electron chi connectivity index (χ1n) is 11.7. The molecule has 4 aliphatic rings. The van der Waals surface area contributed by atoms with Gasteiger partial charge < -0.3 is 31.5 Å². The second kappa shape index (κ2) is 7.91. The van der Waals surface area contributed by atoms with Crippen molar-refractivity contribution in [3.8, 4) is 5.75 Å². The van der Waals surface area contributed by atoms with Gasteiger partial charge in [0.1, 0.15) is 22.8 Å². The number of aliphatic hydroxyl groups excluding tert-OH is 2. The molecule has 0 bridgehead atoms. The van der Waals surface area contributed by atoms with Gasteiger partial charge in [0.15, 0.2) is 11.4 Å². The summed E-state index contributed by atoms with van der Waals surface area (Å²) in [5.41, 5.74) is 3.30. The fourth-order valence-corrected chi connectivity index (χ4v) is 6.47. The van der Waals surface area contributed by atoms with Crippen molar-refractivity contribution in [2.45, 2.75) is 43.4 Å². The van der Waals surface area contributed by atoms with Crippen LogP contribution in [0.15, 0.2) is 34.8 Å². The number of Topliss-reactive ketones (excluding diaryl/α,β-unsaturated/α-hetero) is 2. The van der Waals surface area contributed by atoms with Crippen molar-refractivity contribution in [3.63, 3.8) is 0 Å². The number of nitrogens with two attached hydrogens (primary N) is 1. The van der Waals surface area contributed by atoms with E-state index in [1.54, 1.807) is 14.1 Å². The molecule has 3 aliphatic carbocycles. The maximum Gasteiger partial charge on any atom is 0.255 e. The summed E-state index contributed by atoms with van der Waals surface area (Å²) in [6, 6.07) is 2.51. The van der Waals surface area contributed by atoms with Crippen LogP contribution in [0.2, 0.25) is 0 Å². The Hall–Kier alpha value is -3.21. The summed E-state index contributed by atoms with van der Waals surface area (Å²) >= 11 is 0. The van der Waals surface area contributed by atoms with E-state index < -0.39 is 58.0 Å². The first-order chi connectivity index (χ1) is 16.5.